The zero-order valence-corrected chi connectivity index (χ0v) is 9.98. The number of aromatic nitrogens is 1. The van der Waals surface area contributed by atoms with E-state index in [1.807, 2.05) is 24.3 Å². The van der Waals surface area contributed by atoms with Gasteiger partial charge in [0, 0.05) is 17.8 Å². The van der Waals surface area contributed by atoms with Crippen molar-refractivity contribution in [2.75, 3.05) is 11.4 Å². The molecule has 4 nitrogen and oxygen atoms in total. The van der Waals surface area contributed by atoms with Gasteiger partial charge in [0.2, 0.25) is 5.91 Å². The summed E-state index contributed by atoms with van der Waals surface area (Å²) in [5.41, 5.74) is 1.49. The van der Waals surface area contributed by atoms with Crippen LogP contribution in [0.15, 0.2) is 28.7 Å². The zero-order chi connectivity index (χ0) is 11.1. The minimum Gasteiger partial charge on any atom is -0.423 e. The van der Waals surface area contributed by atoms with Gasteiger partial charge in [0.25, 0.3) is 0 Å². The number of carbonyl (C=O) groups excluding carboxylic acids is 1. The van der Waals surface area contributed by atoms with Gasteiger partial charge in [-0.3, -0.25) is 9.69 Å². The number of hydrogen-bond donors (Lipinski definition) is 0. The highest BCUT2D eigenvalue weighted by atomic mass is 79.9. The third-order valence-electron chi connectivity index (χ3n) is 2.59. The summed E-state index contributed by atoms with van der Waals surface area (Å²) in [7, 11) is 0. The Kier molecular flexibility index (Phi) is 2.21. The first-order valence-electron chi connectivity index (χ1n) is 5.04. The maximum atomic E-state index is 11.7. The molecule has 2 aromatic rings. The van der Waals surface area contributed by atoms with Crippen molar-refractivity contribution in [3.05, 3.63) is 24.3 Å². The number of oxazole rings is 1. The van der Waals surface area contributed by atoms with Crippen molar-refractivity contribution in [3.63, 3.8) is 0 Å². The van der Waals surface area contributed by atoms with Gasteiger partial charge in [-0.05, 0) is 12.1 Å². The van der Waals surface area contributed by atoms with Gasteiger partial charge in [-0.1, -0.05) is 28.1 Å². The highest BCUT2D eigenvalue weighted by molar-refractivity contribution is 9.09. The van der Waals surface area contributed by atoms with Gasteiger partial charge >= 0.3 is 6.01 Å². The molecule has 3 rings (SSSR count). The Morgan fingerprint density at radius 3 is 2.94 bits per heavy atom. The molecule has 0 bridgehead atoms. The van der Waals surface area contributed by atoms with E-state index in [4.69, 9.17) is 4.42 Å². The topological polar surface area (TPSA) is 46.3 Å². The maximum absolute atomic E-state index is 11.7. The molecular weight excluding hydrogens is 272 g/mol. The summed E-state index contributed by atoms with van der Waals surface area (Å²) in [6.45, 7) is 0.617. The number of para-hydroxylation sites is 2. The van der Waals surface area contributed by atoms with Crippen LogP contribution in [0.3, 0.4) is 0 Å². The van der Waals surface area contributed by atoms with Gasteiger partial charge < -0.3 is 4.42 Å². The Morgan fingerprint density at radius 2 is 2.25 bits per heavy atom. The van der Waals surface area contributed by atoms with Gasteiger partial charge in [0.1, 0.15) is 5.52 Å². The van der Waals surface area contributed by atoms with Crippen LogP contribution >= 0.6 is 15.9 Å². The monoisotopic (exact) mass is 280 g/mol. The molecule has 1 aliphatic rings. The van der Waals surface area contributed by atoms with Crippen LogP contribution in [0.1, 0.15) is 6.42 Å². The van der Waals surface area contributed by atoms with Gasteiger partial charge in [-0.25, -0.2) is 0 Å². The number of benzene rings is 1. The van der Waals surface area contributed by atoms with E-state index in [0.717, 1.165) is 5.52 Å². The van der Waals surface area contributed by atoms with Crippen LogP contribution in [0, 0.1) is 0 Å². The first kappa shape index (κ1) is 9.84. The average molecular weight is 281 g/mol. The molecule has 1 atom stereocenters. The second-order valence-electron chi connectivity index (χ2n) is 3.77. The van der Waals surface area contributed by atoms with Crippen LogP contribution in [-0.2, 0) is 4.79 Å². The van der Waals surface area contributed by atoms with Gasteiger partial charge in [0.05, 0.1) is 0 Å². The number of anilines is 1. The van der Waals surface area contributed by atoms with Crippen molar-refractivity contribution < 1.29 is 9.21 Å². The van der Waals surface area contributed by atoms with E-state index in [1.54, 1.807) is 4.90 Å². The first-order chi connectivity index (χ1) is 7.74. The van der Waals surface area contributed by atoms with E-state index < -0.39 is 0 Å². The predicted octanol–water partition coefficient (Wildman–Crippen LogP) is 2.33. The smallest absolute Gasteiger partial charge is 0.305 e. The molecular formula is C11H9BrN2O2. The number of fused-ring (bicyclic) bond motifs is 1. The summed E-state index contributed by atoms with van der Waals surface area (Å²) in [5, 5.41) is 0. The molecule has 1 aliphatic heterocycles. The lowest BCUT2D eigenvalue weighted by Gasteiger charge is -2.08. The molecule has 0 radical (unpaired) electrons. The number of rotatable bonds is 1. The highest BCUT2D eigenvalue weighted by Crippen LogP contribution is 2.27. The predicted molar refractivity (Wildman–Crippen MR) is 63.7 cm³/mol. The largest absolute Gasteiger partial charge is 0.423 e. The molecule has 5 heteroatoms. The van der Waals surface area contributed by atoms with Crippen molar-refractivity contribution >= 4 is 39.0 Å². The lowest BCUT2D eigenvalue weighted by atomic mass is 10.3. The first-order valence-corrected chi connectivity index (χ1v) is 5.95. The number of alkyl halides is 1. The van der Waals surface area contributed by atoms with Crippen molar-refractivity contribution in [1.29, 1.82) is 0 Å². The lowest BCUT2D eigenvalue weighted by Crippen LogP contribution is -2.24. The summed E-state index contributed by atoms with van der Waals surface area (Å²) in [6, 6.07) is 7.89. The van der Waals surface area contributed by atoms with Crippen LogP contribution in [0.4, 0.5) is 6.01 Å². The SMILES string of the molecule is O=C1CC(Br)CN1c1nc2ccccc2o1. The Bertz CT molecular complexity index is 519. The molecule has 1 fully saturated rings. The van der Waals surface area contributed by atoms with E-state index in [9.17, 15) is 4.79 Å². The maximum Gasteiger partial charge on any atom is 0.305 e. The number of hydrogen-bond acceptors (Lipinski definition) is 3. The summed E-state index contributed by atoms with van der Waals surface area (Å²) in [5.74, 6) is 0.0495. The van der Waals surface area contributed by atoms with Gasteiger partial charge in [0.15, 0.2) is 5.58 Å². The summed E-state index contributed by atoms with van der Waals surface area (Å²) >= 11 is 3.43. The minimum absolute atomic E-state index is 0.0495. The third-order valence-corrected chi connectivity index (χ3v) is 3.20. The van der Waals surface area contributed by atoms with Crippen molar-refractivity contribution in [2.45, 2.75) is 11.2 Å². The molecule has 82 valence electrons. The van der Waals surface area contributed by atoms with Gasteiger partial charge in [-0.2, -0.15) is 4.98 Å². The molecule has 1 saturated heterocycles. The van der Waals surface area contributed by atoms with Crippen LogP contribution in [0.25, 0.3) is 11.1 Å². The molecule has 1 unspecified atom stereocenters. The summed E-state index contributed by atoms with van der Waals surface area (Å²) in [6.07, 6.45) is 0.499. The number of nitrogens with zero attached hydrogens (tertiary/aromatic N) is 2. The van der Waals surface area contributed by atoms with Crippen molar-refractivity contribution in [1.82, 2.24) is 4.98 Å². The second-order valence-corrected chi connectivity index (χ2v) is 5.06. The summed E-state index contributed by atoms with van der Waals surface area (Å²) < 4.78 is 5.54. The standard InChI is InChI=1S/C11H9BrN2O2/c12-7-5-10(15)14(6-7)11-13-8-3-1-2-4-9(8)16-11/h1-4,7H,5-6H2. The van der Waals surface area contributed by atoms with Crippen LogP contribution in [0.2, 0.25) is 0 Å². The van der Waals surface area contributed by atoms with Crippen LogP contribution < -0.4 is 4.90 Å². The fourth-order valence-electron chi connectivity index (χ4n) is 1.82. The zero-order valence-electron chi connectivity index (χ0n) is 8.39. The van der Waals surface area contributed by atoms with E-state index in [0.29, 0.717) is 24.6 Å². The Labute approximate surface area is 100 Å². The Balaban J connectivity index is 2.03. The molecule has 0 spiro atoms. The molecule has 1 amide bonds. The molecule has 16 heavy (non-hydrogen) atoms. The Hall–Kier alpha value is -1.36. The number of halogens is 1. The van der Waals surface area contributed by atoms with E-state index in [-0.39, 0.29) is 10.7 Å². The quantitative estimate of drug-likeness (QED) is 0.754. The molecule has 1 aromatic heterocycles. The molecule has 0 saturated carbocycles. The van der Waals surface area contributed by atoms with E-state index >= 15 is 0 Å². The molecule has 0 N–H and O–H groups in total. The van der Waals surface area contributed by atoms with Crippen LogP contribution in [-0.4, -0.2) is 22.3 Å². The average Bonchev–Trinajstić information content (AvgIpc) is 2.81. The second kappa shape index (κ2) is 3.59. The number of amides is 1. The molecule has 1 aromatic carbocycles. The fraction of sp³-hybridized carbons (Fsp3) is 0.273. The summed E-state index contributed by atoms with van der Waals surface area (Å²) in [4.78, 5) is 17.7. The molecule has 2 heterocycles. The minimum atomic E-state index is 0.0495. The Morgan fingerprint density at radius 1 is 1.44 bits per heavy atom. The lowest BCUT2D eigenvalue weighted by molar-refractivity contribution is -0.117. The number of carbonyl (C=O) groups is 1. The highest BCUT2D eigenvalue weighted by Gasteiger charge is 2.31. The molecule has 0 aliphatic carbocycles. The normalized spacial score (nSPS) is 20.9. The van der Waals surface area contributed by atoms with E-state index in [2.05, 4.69) is 20.9 Å². The fourth-order valence-corrected chi connectivity index (χ4v) is 2.39. The van der Waals surface area contributed by atoms with Crippen molar-refractivity contribution in [2.24, 2.45) is 0 Å². The van der Waals surface area contributed by atoms with Crippen LogP contribution in [0.5, 0.6) is 0 Å². The van der Waals surface area contributed by atoms with Gasteiger partial charge in [-0.15, -0.1) is 0 Å². The third kappa shape index (κ3) is 1.51. The van der Waals surface area contributed by atoms with Crippen molar-refractivity contribution in [3.8, 4) is 0 Å². The van der Waals surface area contributed by atoms with E-state index in [1.165, 1.54) is 0 Å².